The SMILES string of the molecule is CCc1ccc(-c2csc3nc(Cl)nc(N4CCCCC4CCO)c23)cc1. The number of hydrogen-bond acceptors (Lipinski definition) is 5. The Morgan fingerprint density at radius 3 is 2.78 bits per heavy atom. The topological polar surface area (TPSA) is 49.2 Å². The van der Waals surface area contributed by atoms with Crippen LogP contribution >= 0.6 is 22.9 Å². The van der Waals surface area contributed by atoms with E-state index >= 15 is 0 Å². The molecule has 1 aliphatic rings. The van der Waals surface area contributed by atoms with Gasteiger partial charge in [-0.15, -0.1) is 11.3 Å². The van der Waals surface area contributed by atoms with Crippen LogP contribution in [-0.2, 0) is 6.42 Å². The van der Waals surface area contributed by atoms with Gasteiger partial charge in [-0.1, -0.05) is 31.2 Å². The van der Waals surface area contributed by atoms with E-state index in [2.05, 4.69) is 51.4 Å². The third-order valence-electron chi connectivity index (χ3n) is 5.42. The smallest absolute Gasteiger partial charge is 0.225 e. The first-order chi connectivity index (χ1) is 13.2. The second-order valence-corrected chi connectivity index (χ2v) is 8.25. The number of rotatable bonds is 5. The summed E-state index contributed by atoms with van der Waals surface area (Å²) in [5.41, 5.74) is 3.68. The highest BCUT2D eigenvalue weighted by Gasteiger charge is 2.27. The maximum absolute atomic E-state index is 9.51. The van der Waals surface area contributed by atoms with Gasteiger partial charge in [0, 0.05) is 30.1 Å². The molecule has 1 aromatic carbocycles. The van der Waals surface area contributed by atoms with Crippen LogP contribution in [0.3, 0.4) is 0 Å². The summed E-state index contributed by atoms with van der Waals surface area (Å²) in [6, 6.07) is 9.03. The lowest BCUT2D eigenvalue weighted by atomic mass is 9.98. The van der Waals surface area contributed by atoms with Crippen LogP contribution in [0.2, 0.25) is 5.28 Å². The summed E-state index contributed by atoms with van der Waals surface area (Å²) in [6.07, 6.45) is 5.20. The van der Waals surface area contributed by atoms with Crippen LogP contribution in [0.1, 0.15) is 38.2 Å². The van der Waals surface area contributed by atoms with Gasteiger partial charge in [0.25, 0.3) is 0 Å². The van der Waals surface area contributed by atoms with Crippen LogP contribution in [-0.4, -0.2) is 34.3 Å². The van der Waals surface area contributed by atoms with E-state index in [-0.39, 0.29) is 6.61 Å². The van der Waals surface area contributed by atoms with E-state index in [1.165, 1.54) is 17.5 Å². The number of aryl methyl sites for hydroxylation is 1. The minimum Gasteiger partial charge on any atom is -0.396 e. The van der Waals surface area contributed by atoms with Crippen molar-refractivity contribution in [2.75, 3.05) is 18.1 Å². The Morgan fingerprint density at radius 2 is 2.04 bits per heavy atom. The van der Waals surface area contributed by atoms with Crippen molar-refractivity contribution in [1.82, 2.24) is 9.97 Å². The summed E-state index contributed by atoms with van der Waals surface area (Å²) in [5.74, 6) is 0.916. The Bertz CT molecular complexity index is 923. The standard InChI is InChI=1S/C21H24ClN3OS/c1-2-14-6-8-15(9-7-14)17-13-27-20-18(17)19(23-21(22)24-20)25-11-4-3-5-16(25)10-12-26/h6-9,13,16,26H,2-5,10-12H2,1H3. The van der Waals surface area contributed by atoms with Gasteiger partial charge < -0.3 is 10.0 Å². The van der Waals surface area contributed by atoms with Crippen molar-refractivity contribution in [3.05, 3.63) is 40.5 Å². The van der Waals surface area contributed by atoms with Crippen molar-refractivity contribution in [2.24, 2.45) is 0 Å². The number of piperidine rings is 1. The third-order valence-corrected chi connectivity index (χ3v) is 6.46. The van der Waals surface area contributed by atoms with E-state index in [1.54, 1.807) is 11.3 Å². The maximum atomic E-state index is 9.51. The lowest BCUT2D eigenvalue weighted by Crippen LogP contribution is -2.40. The van der Waals surface area contributed by atoms with Gasteiger partial charge in [0.15, 0.2) is 0 Å². The molecule has 0 radical (unpaired) electrons. The molecule has 2 aromatic heterocycles. The minimum absolute atomic E-state index is 0.193. The molecule has 0 amide bonds. The highest BCUT2D eigenvalue weighted by atomic mass is 35.5. The van der Waals surface area contributed by atoms with Crippen LogP contribution in [0.15, 0.2) is 29.6 Å². The monoisotopic (exact) mass is 401 g/mol. The molecule has 0 bridgehead atoms. The molecule has 27 heavy (non-hydrogen) atoms. The molecule has 0 spiro atoms. The average Bonchev–Trinajstić information content (AvgIpc) is 3.12. The summed E-state index contributed by atoms with van der Waals surface area (Å²) >= 11 is 7.89. The second-order valence-electron chi connectivity index (χ2n) is 7.05. The first-order valence-corrected chi connectivity index (χ1v) is 10.9. The fraction of sp³-hybridized carbons (Fsp3) is 0.429. The lowest BCUT2D eigenvalue weighted by Gasteiger charge is -2.37. The fourth-order valence-electron chi connectivity index (χ4n) is 3.97. The van der Waals surface area contributed by atoms with Gasteiger partial charge in [-0.05, 0) is 54.8 Å². The van der Waals surface area contributed by atoms with Crippen LogP contribution in [0, 0.1) is 0 Å². The normalized spacial score (nSPS) is 17.6. The largest absolute Gasteiger partial charge is 0.396 e. The molecule has 6 heteroatoms. The number of halogens is 1. The lowest BCUT2D eigenvalue weighted by molar-refractivity contribution is 0.262. The number of anilines is 1. The Hall–Kier alpha value is -1.69. The van der Waals surface area contributed by atoms with Gasteiger partial charge in [-0.25, -0.2) is 4.98 Å². The Kier molecular flexibility index (Phi) is 5.62. The first kappa shape index (κ1) is 18.7. The molecule has 0 aliphatic carbocycles. The van der Waals surface area contributed by atoms with Crippen molar-refractivity contribution >= 4 is 39.0 Å². The quantitative estimate of drug-likeness (QED) is 0.588. The van der Waals surface area contributed by atoms with Crippen molar-refractivity contribution in [3.8, 4) is 11.1 Å². The second kappa shape index (κ2) is 8.13. The number of aliphatic hydroxyl groups is 1. The van der Waals surface area contributed by atoms with Crippen molar-refractivity contribution in [1.29, 1.82) is 0 Å². The molecular formula is C21H24ClN3OS. The molecule has 1 fully saturated rings. The molecule has 1 atom stereocenters. The molecule has 1 N–H and O–H groups in total. The van der Waals surface area contributed by atoms with Gasteiger partial charge in [0.05, 0.1) is 5.39 Å². The summed E-state index contributed by atoms with van der Waals surface area (Å²) in [7, 11) is 0. The van der Waals surface area contributed by atoms with Crippen LogP contribution in [0.25, 0.3) is 21.3 Å². The Balaban J connectivity index is 1.85. The van der Waals surface area contributed by atoms with Crippen LogP contribution in [0.4, 0.5) is 5.82 Å². The average molecular weight is 402 g/mol. The zero-order valence-electron chi connectivity index (χ0n) is 15.5. The highest BCUT2D eigenvalue weighted by molar-refractivity contribution is 7.17. The van der Waals surface area contributed by atoms with Crippen LogP contribution in [0.5, 0.6) is 0 Å². The molecule has 1 aliphatic heterocycles. The van der Waals surface area contributed by atoms with Gasteiger partial charge in [-0.2, -0.15) is 4.98 Å². The number of hydrogen-bond donors (Lipinski definition) is 1. The number of thiophene rings is 1. The maximum Gasteiger partial charge on any atom is 0.225 e. The number of aliphatic hydroxyl groups excluding tert-OH is 1. The van der Waals surface area contributed by atoms with Gasteiger partial charge in [0.1, 0.15) is 10.6 Å². The molecule has 0 saturated carbocycles. The van der Waals surface area contributed by atoms with Crippen LogP contribution < -0.4 is 4.90 Å². The fourth-order valence-corrected chi connectivity index (χ4v) is 5.12. The number of fused-ring (bicyclic) bond motifs is 1. The van der Waals surface area contributed by atoms with Crippen molar-refractivity contribution < 1.29 is 5.11 Å². The summed E-state index contributed by atoms with van der Waals surface area (Å²) in [4.78, 5) is 12.4. The molecule has 4 nitrogen and oxygen atoms in total. The first-order valence-electron chi connectivity index (χ1n) is 9.62. The zero-order chi connectivity index (χ0) is 18.8. The van der Waals surface area contributed by atoms with Gasteiger partial charge in [0.2, 0.25) is 5.28 Å². The van der Waals surface area contributed by atoms with E-state index in [1.807, 2.05) is 0 Å². The molecule has 142 valence electrons. The van der Waals surface area contributed by atoms with E-state index in [9.17, 15) is 5.11 Å². The predicted octanol–water partition coefficient (Wildman–Crippen LogP) is 5.32. The Labute approximate surface area is 168 Å². The summed E-state index contributed by atoms with van der Waals surface area (Å²) < 4.78 is 0. The minimum atomic E-state index is 0.193. The number of benzene rings is 1. The van der Waals surface area contributed by atoms with Crippen molar-refractivity contribution in [3.63, 3.8) is 0 Å². The van der Waals surface area contributed by atoms with E-state index in [0.29, 0.717) is 11.3 Å². The number of aromatic nitrogens is 2. The summed E-state index contributed by atoms with van der Waals surface area (Å²) in [6.45, 7) is 3.30. The molecule has 3 aromatic rings. The highest BCUT2D eigenvalue weighted by Crippen LogP contribution is 2.40. The van der Waals surface area contributed by atoms with E-state index in [0.717, 1.165) is 53.8 Å². The molecule has 3 heterocycles. The summed E-state index contributed by atoms with van der Waals surface area (Å²) in [5, 5.41) is 13.0. The zero-order valence-corrected chi connectivity index (χ0v) is 17.1. The molecule has 1 unspecified atom stereocenters. The molecule has 1 saturated heterocycles. The van der Waals surface area contributed by atoms with Gasteiger partial charge >= 0.3 is 0 Å². The number of nitrogens with zero attached hydrogens (tertiary/aromatic N) is 3. The van der Waals surface area contributed by atoms with Crippen molar-refractivity contribution in [2.45, 2.75) is 45.1 Å². The predicted molar refractivity (Wildman–Crippen MR) is 114 cm³/mol. The molecule has 4 rings (SSSR count). The molecular weight excluding hydrogens is 378 g/mol. The Morgan fingerprint density at radius 1 is 1.22 bits per heavy atom. The third kappa shape index (κ3) is 3.68. The van der Waals surface area contributed by atoms with E-state index < -0.39 is 0 Å². The van der Waals surface area contributed by atoms with E-state index in [4.69, 9.17) is 11.6 Å². The van der Waals surface area contributed by atoms with Gasteiger partial charge in [-0.3, -0.25) is 0 Å².